The van der Waals surface area contributed by atoms with Crippen molar-refractivity contribution >= 4 is 37.8 Å². The highest BCUT2D eigenvalue weighted by molar-refractivity contribution is 9.25. The summed E-state index contributed by atoms with van der Waals surface area (Å²) >= 11 is 7.05. The third kappa shape index (κ3) is 2.56. The molecule has 0 amide bonds. The highest BCUT2D eigenvalue weighted by Gasteiger charge is 2.44. The molecule has 0 radical (unpaired) electrons. The molecule has 0 unspecified atom stereocenters. The van der Waals surface area contributed by atoms with E-state index in [0.717, 1.165) is 12.8 Å². The van der Waals surface area contributed by atoms with Crippen LogP contribution in [0.4, 0.5) is 0 Å². The molecular formula is C9H12Br2O2. The first kappa shape index (κ1) is 11.2. The first-order valence-corrected chi connectivity index (χ1v) is 5.67. The number of hydrogen-bond acceptors (Lipinski definition) is 2. The second-order valence-electron chi connectivity index (χ2n) is 3.29. The van der Waals surface area contributed by atoms with Gasteiger partial charge in [-0.05, 0) is 18.8 Å². The van der Waals surface area contributed by atoms with Crippen molar-refractivity contribution in [1.82, 2.24) is 0 Å². The van der Waals surface area contributed by atoms with Crippen LogP contribution in [0, 0.1) is 11.8 Å². The van der Waals surface area contributed by atoms with Gasteiger partial charge in [-0.15, -0.1) is 6.58 Å². The van der Waals surface area contributed by atoms with E-state index in [1.165, 1.54) is 7.11 Å². The molecule has 0 aliphatic heterocycles. The van der Waals surface area contributed by atoms with Crippen LogP contribution in [0.3, 0.4) is 0 Å². The number of ether oxygens (including phenoxy) is 1. The van der Waals surface area contributed by atoms with Gasteiger partial charge in [0.15, 0.2) is 0 Å². The number of methoxy groups -OCH3 is 1. The Morgan fingerprint density at radius 1 is 1.62 bits per heavy atom. The van der Waals surface area contributed by atoms with Crippen LogP contribution in [0.5, 0.6) is 0 Å². The van der Waals surface area contributed by atoms with Gasteiger partial charge in [0.05, 0.1) is 16.3 Å². The lowest BCUT2D eigenvalue weighted by molar-refractivity contribution is -0.146. The maximum absolute atomic E-state index is 11.4. The van der Waals surface area contributed by atoms with Crippen molar-refractivity contribution in [1.29, 1.82) is 0 Å². The topological polar surface area (TPSA) is 26.3 Å². The Kier molecular flexibility index (Phi) is 3.57. The molecular weight excluding hydrogens is 300 g/mol. The molecule has 1 fully saturated rings. The van der Waals surface area contributed by atoms with Crippen LogP contribution in [0.25, 0.3) is 0 Å². The minimum atomic E-state index is -0.148. The van der Waals surface area contributed by atoms with Crippen LogP contribution in [0.15, 0.2) is 12.7 Å². The Balaban J connectivity index is 2.74. The first-order valence-electron chi connectivity index (χ1n) is 4.08. The molecule has 0 spiro atoms. The van der Waals surface area contributed by atoms with Gasteiger partial charge < -0.3 is 4.74 Å². The Bertz CT molecular complexity index is 226. The number of allylic oxidation sites excluding steroid dienone is 1. The third-order valence-electron chi connectivity index (χ3n) is 2.38. The van der Waals surface area contributed by atoms with Gasteiger partial charge in [0, 0.05) is 0 Å². The van der Waals surface area contributed by atoms with Crippen molar-refractivity contribution in [3.05, 3.63) is 12.7 Å². The quantitative estimate of drug-likeness (QED) is 0.445. The minimum absolute atomic E-state index is 0.0683. The zero-order chi connectivity index (χ0) is 10.1. The molecule has 1 rings (SSSR count). The lowest BCUT2D eigenvalue weighted by atomic mass is 9.97. The fraction of sp³-hybridized carbons (Fsp3) is 0.667. The summed E-state index contributed by atoms with van der Waals surface area (Å²) in [5.74, 6) is -0.0156. The number of hydrogen-bond donors (Lipinski definition) is 0. The van der Waals surface area contributed by atoms with Crippen LogP contribution in [0.2, 0.25) is 0 Å². The van der Waals surface area contributed by atoms with Crippen LogP contribution >= 0.6 is 31.9 Å². The molecule has 0 aromatic heterocycles. The van der Waals surface area contributed by atoms with E-state index in [9.17, 15) is 4.79 Å². The summed E-state index contributed by atoms with van der Waals surface area (Å²) in [7, 11) is 1.42. The van der Waals surface area contributed by atoms with Crippen molar-refractivity contribution in [3.8, 4) is 0 Å². The average Bonchev–Trinajstić information content (AvgIpc) is 2.39. The lowest BCUT2D eigenvalue weighted by Crippen LogP contribution is -2.19. The summed E-state index contributed by atoms with van der Waals surface area (Å²) in [6.07, 6.45) is 3.44. The lowest BCUT2D eigenvalue weighted by Gasteiger charge is -2.12. The highest BCUT2D eigenvalue weighted by Crippen LogP contribution is 2.49. The van der Waals surface area contributed by atoms with E-state index in [4.69, 9.17) is 4.74 Å². The number of alkyl halides is 2. The fourth-order valence-corrected chi connectivity index (χ4v) is 3.15. The fourth-order valence-electron chi connectivity index (χ4n) is 1.70. The van der Waals surface area contributed by atoms with Gasteiger partial charge in [0.1, 0.15) is 0 Å². The van der Waals surface area contributed by atoms with Gasteiger partial charge in [0.25, 0.3) is 0 Å². The highest BCUT2D eigenvalue weighted by atomic mass is 79.9. The molecule has 1 aliphatic carbocycles. The van der Waals surface area contributed by atoms with Crippen LogP contribution in [0.1, 0.15) is 12.8 Å². The van der Waals surface area contributed by atoms with Gasteiger partial charge >= 0.3 is 5.97 Å². The second-order valence-corrected chi connectivity index (χ2v) is 7.39. The maximum Gasteiger partial charge on any atom is 0.309 e. The number of halogens is 2. The van der Waals surface area contributed by atoms with Crippen LogP contribution < -0.4 is 0 Å². The number of carbonyl (C=O) groups is 1. The number of rotatable bonds is 2. The van der Waals surface area contributed by atoms with Crippen molar-refractivity contribution in [2.75, 3.05) is 7.11 Å². The summed E-state index contributed by atoms with van der Waals surface area (Å²) in [5.41, 5.74) is 0. The normalized spacial score (nSPS) is 31.3. The molecule has 1 saturated carbocycles. The molecule has 0 bridgehead atoms. The molecule has 0 aromatic carbocycles. The smallest absolute Gasteiger partial charge is 0.309 e. The van der Waals surface area contributed by atoms with E-state index in [1.807, 2.05) is 6.08 Å². The van der Waals surface area contributed by atoms with Crippen molar-refractivity contribution in [2.45, 2.75) is 16.1 Å². The molecule has 0 heterocycles. The van der Waals surface area contributed by atoms with E-state index in [-0.39, 0.29) is 21.0 Å². The van der Waals surface area contributed by atoms with E-state index >= 15 is 0 Å². The van der Waals surface area contributed by atoms with Crippen molar-refractivity contribution in [2.24, 2.45) is 11.8 Å². The van der Waals surface area contributed by atoms with Gasteiger partial charge in [-0.3, -0.25) is 4.79 Å². The van der Waals surface area contributed by atoms with Crippen LogP contribution in [-0.4, -0.2) is 16.3 Å². The Hall–Kier alpha value is 0.170. The third-order valence-corrected chi connectivity index (χ3v) is 3.67. The summed E-state index contributed by atoms with van der Waals surface area (Å²) < 4.78 is 4.60. The summed E-state index contributed by atoms with van der Waals surface area (Å²) in [6.45, 7) is 3.73. The van der Waals surface area contributed by atoms with Crippen molar-refractivity contribution < 1.29 is 9.53 Å². The summed E-state index contributed by atoms with van der Waals surface area (Å²) in [4.78, 5) is 11.4. The molecule has 74 valence electrons. The second kappa shape index (κ2) is 4.13. The average molecular weight is 312 g/mol. The zero-order valence-electron chi connectivity index (χ0n) is 7.43. The van der Waals surface area contributed by atoms with Crippen LogP contribution in [-0.2, 0) is 9.53 Å². The van der Waals surface area contributed by atoms with E-state index < -0.39 is 0 Å². The van der Waals surface area contributed by atoms with Gasteiger partial charge in [-0.2, -0.15) is 0 Å². The Morgan fingerprint density at radius 3 is 2.69 bits per heavy atom. The van der Waals surface area contributed by atoms with Gasteiger partial charge in [-0.1, -0.05) is 37.9 Å². The molecule has 2 atom stereocenters. The molecule has 2 nitrogen and oxygen atoms in total. The largest absolute Gasteiger partial charge is 0.469 e. The van der Waals surface area contributed by atoms with Crippen molar-refractivity contribution in [3.63, 3.8) is 0 Å². The van der Waals surface area contributed by atoms with Gasteiger partial charge in [-0.25, -0.2) is 0 Å². The summed E-state index contributed by atoms with van der Waals surface area (Å²) in [5, 5.41) is 0. The molecule has 0 N–H and O–H groups in total. The van der Waals surface area contributed by atoms with E-state index in [2.05, 4.69) is 38.4 Å². The maximum atomic E-state index is 11.4. The number of carbonyl (C=O) groups excluding carboxylic acids is 1. The summed E-state index contributed by atoms with van der Waals surface area (Å²) in [6, 6.07) is 0. The van der Waals surface area contributed by atoms with Gasteiger partial charge in [0.2, 0.25) is 0 Å². The Labute approximate surface area is 95.0 Å². The Morgan fingerprint density at radius 2 is 2.23 bits per heavy atom. The monoisotopic (exact) mass is 310 g/mol. The predicted octanol–water partition coefficient (Wildman–Crippen LogP) is 2.86. The molecule has 4 heteroatoms. The minimum Gasteiger partial charge on any atom is -0.469 e. The SMILES string of the molecule is C=C[C@H]1CC(Br)(Br)C[C@H]1C(=O)OC. The standard InChI is InChI=1S/C9H12Br2O2/c1-3-6-4-9(10,11)5-7(6)8(12)13-2/h3,6-7H,1,4-5H2,2H3/t6-,7+/m0/s1. The molecule has 13 heavy (non-hydrogen) atoms. The molecule has 0 aromatic rings. The molecule has 1 aliphatic rings. The zero-order valence-corrected chi connectivity index (χ0v) is 10.6. The predicted molar refractivity (Wildman–Crippen MR) is 59.0 cm³/mol. The molecule has 0 saturated heterocycles. The van der Waals surface area contributed by atoms with E-state index in [0.29, 0.717) is 0 Å². The number of esters is 1. The first-order chi connectivity index (χ1) is 6.00. The van der Waals surface area contributed by atoms with E-state index in [1.54, 1.807) is 0 Å².